The molecule has 4 nitrogen and oxygen atoms in total. The van der Waals surface area contributed by atoms with Crippen molar-refractivity contribution in [1.29, 1.82) is 0 Å². The summed E-state index contributed by atoms with van der Waals surface area (Å²) in [6.07, 6.45) is 0.00495. The normalized spacial score (nSPS) is 12.6. The molecule has 1 aromatic heterocycles. The first-order valence-corrected chi connectivity index (χ1v) is 3.95. The minimum absolute atomic E-state index is 0.154. The number of esters is 1. The van der Waals surface area contributed by atoms with Crippen molar-refractivity contribution in [3.63, 3.8) is 0 Å². The van der Waals surface area contributed by atoms with Gasteiger partial charge in [0.15, 0.2) is 5.76 Å². The van der Waals surface area contributed by atoms with Crippen LogP contribution in [0.25, 0.3) is 0 Å². The average molecular weight is 235 g/mol. The van der Waals surface area contributed by atoms with Crippen LogP contribution in [-0.2, 0) is 9.53 Å². The average Bonchev–Trinajstić information content (AvgIpc) is 2.48. The summed E-state index contributed by atoms with van der Waals surface area (Å²) in [4.78, 5) is 10.8. The molecule has 0 amide bonds. The molecule has 66 valence electrons. The molecule has 0 saturated carbocycles. The molecule has 12 heavy (non-hydrogen) atoms. The maximum absolute atomic E-state index is 10.8. The van der Waals surface area contributed by atoms with Crippen molar-refractivity contribution in [2.75, 3.05) is 7.11 Å². The number of carbonyl (C=O) groups excluding carboxylic acids is 1. The number of carbonyl (C=O) groups is 1. The van der Waals surface area contributed by atoms with Gasteiger partial charge in [-0.05, 0) is 22.0 Å². The Bertz CT molecular complexity index is 281. The standard InChI is InChI=1S/C7H7BrO4/c1-11-7(10)5(9)6-4(8)2-3-12-6/h2-3,5,9H,1H3. The Balaban J connectivity index is 2.84. The third-order valence-electron chi connectivity index (χ3n) is 1.32. The number of hydrogen-bond acceptors (Lipinski definition) is 4. The molecule has 0 aliphatic rings. The molecular formula is C7H7BrO4. The summed E-state index contributed by atoms with van der Waals surface area (Å²) in [5.41, 5.74) is 0. The Hall–Kier alpha value is -0.810. The molecule has 0 radical (unpaired) electrons. The monoisotopic (exact) mass is 234 g/mol. The largest absolute Gasteiger partial charge is 0.467 e. The Morgan fingerprint density at radius 3 is 2.92 bits per heavy atom. The molecule has 0 aliphatic heterocycles. The molecule has 0 aliphatic carbocycles. The van der Waals surface area contributed by atoms with Gasteiger partial charge in [0.1, 0.15) is 0 Å². The zero-order valence-corrected chi connectivity index (χ0v) is 7.87. The van der Waals surface area contributed by atoms with Gasteiger partial charge in [-0.2, -0.15) is 0 Å². The smallest absolute Gasteiger partial charge is 0.342 e. The third kappa shape index (κ3) is 1.67. The molecule has 1 atom stereocenters. The molecular weight excluding hydrogens is 228 g/mol. The molecule has 1 rings (SSSR count). The molecule has 5 heteroatoms. The second-order valence-electron chi connectivity index (χ2n) is 2.06. The number of aliphatic hydroxyl groups is 1. The van der Waals surface area contributed by atoms with Crippen molar-refractivity contribution in [1.82, 2.24) is 0 Å². The fourth-order valence-electron chi connectivity index (χ4n) is 0.719. The molecule has 0 spiro atoms. The maximum Gasteiger partial charge on any atom is 0.342 e. The summed E-state index contributed by atoms with van der Waals surface area (Å²) in [5.74, 6) is -0.590. The van der Waals surface area contributed by atoms with Gasteiger partial charge >= 0.3 is 5.97 Å². The second-order valence-corrected chi connectivity index (χ2v) is 2.91. The fourth-order valence-corrected chi connectivity index (χ4v) is 1.14. The number of ether oxygens (including phenoxy) is 1. The van der Waals surface area contributed by atoms with E-state index in [1.807, 2.05) is 0 Å². The van der Waals surface area contributed by atoms with Crippen LogP contribution in [0.15, 0.2) is 21.2 Å². The number of halogens is 1. The Labute approximate surface area is 77.3 Å². The van der Waals surface area contributed by atoms with Gasteiger partial charge in [-0.3, -0.25) is 0 Å². The van der Waals surface area contributed by atoms with Crippen molar-refractivity contribution in [3.05, 3.63) is 22.6 Å². The molecule has 1 N–H and O–H groups in total. The summed E-state index contributed by atoms with van der Waals surface area (Å²) in [5, 5.41) is 9.26. The SMILES string of the molecule is COC(=O)C(O)c1occc1Br. The quantitative estimate of drug-likeness (QED) is 0.783. The summed E-state index contributed by atoms with van der Waals surface area (Å²) in [6, 6.07) is 1.58. The zero-order chi connectivity index (χ0) is 9.14. The Morgan fingerprint density at radius 1 is 1.83 bits per heavy atom. The summed E-state index contributed by atoms with van der Waals surface area (Å²) in [6.45, 7) is 0. The van der Waals surface area contributed by atoms with Gasteiger partial charge in [0.25, 0.3) is 0 Å². The molecule has 1 aromatic rings. The Morgan fingerprint density at radius 2 is 2.50 bits per heavy atom. The fraction of sp³-hybridized carbons (Fsp3) is 0.286. The zero-order valence-electron chi connectivity index (χ0n) is 6.28. The minimum atomic E-state index is -1.36. The van der Waals surface area contributed by atoms with Gasteiger partial charge < -0.3 is 14.3 Å². The van der Waals surface area contributed by atoms with Crippen molar-refractivity contribution in [2.45, 2.75) is 6.10 Å². The maximum atomic E-state index is 10.8. The summed E-state index contributed by atoms with van der Waals surface area (Å²) < 4.78 is 9.71. The number of hydrogen-bond donors (Lipinski definition) is 1. The van der Waals surface area contributed by atoms with E-state index in [4.69, 9.17) is 4.42 Å². The number of aliphatic hydroxyl groups excluding tert-OH is 1. The van der Waals surface area contributed by atoms with Crippen LogP contribution in [-0.4, -0.2) is 18.2 Å². The van der Waals surface area contributed by atoms with E-state index in [9.17, 15) is 9.90 Å². The van der Waals surface area contributed by atoms with Crippen molar-refractivity contribution >= 4 is 21.9 Å². The van der Waals surface area contributed by atoms with Crippen molar-refractivity contribution in [3.8, 4) is 0 Å². The van der Waals surface area contributed by atoms with E-state index in [0.717, 1.165) is 0 Å². The van der Waals surface area contributed by atoms with Gasteiger partial charge in [-0.25, -0.2) is 4.79 Å². The van der Waals surface area contributed by atoms with Crippen LogP contribution >= 0.6 is 15.9 Å². The number of furan rings is 1. The summed E-state index contributed by atoms with van der Waals surface area (Å²) in [7, 11) is 1.20. The van der Waals surface area contributed by atoms with Gasteiger partial charge in [-0.15, -0.1) is 0 Å². The lowest BCUT2D eigenvalue weighted by atomic mass is 10.3. The lowest BCUT2D eigenvalue weighted by Gasteiger charge is -2.04. The van der Waals surface area contributed by atoms with Gasteiger partial charge in [0, 0.05) is 0 Å². The first kappa shape index (κ1) is 9.28. The van der Waals surface area contributed by atoms with Crippen LogP contribution in [0.1, 0.15) is 11.9 Å². The molecule has 0 aromatic carbocycles. The van der Waals surface area contributed by atoms with E-state index in [0.29, 0.717) is 4.47 Å². The van der Waals surface area contributed by atoms with Gasteiger partial charge in [0.05, 0.1) is 17.8 Å². The van der Waals surface area contributed by atoms with Crippen LogP contribution in [0.5, 0.6) is 0 Å². The van der Waals surface area contributed by atoms with Crippen LogP contribution in [0, 0.1) is 0 Å². The lowest BCUT2D eigenvalue weighted by molar-refractivity contribution is -0.151. The van der Waals surface area contributed by atoms with Crippen LogP contribution in [0.2, 0.25) is 0 Å². The Kier molecular flexibility index (Phi) is 2.88. The number of methoxy groups -OCH3 is 1. The minimum Gasteiger partial charge on any atom is -0.467 e. The van der Waals surface area contributed by atoms with E-state index in [-0.39, 0.29) is 5.76 Å². The second kappa shape index (κ2) is 3.73. The topological polar surface area (TPSA) is 59.7 Å². The molecule has 0 saturated heterocycles. The lowest BCUT2D eigenvalue weighted by Crippen LogP contribution is -2.12. The first-order valence-electron chi connectivity index (χ1n) is 3.15. The van der Waals surface area contributed by atoms with Crippen LogP contribution in [0.4, 0.5) is 0 Å². The van der Waals surface area contributed by atoms with Crippen molar-refractivity contribution in [2.24, 2.45) is 0 Å². The van der Waals surface area contributed by atoms with Gasteiger partial charge in [0.2, 0.25) is 6.10 Å². The highest BCUT2D eigenvalue weighted by Crippen LogP contribution is 2.24. The third-order valence-corrected chi connectivity index (χ3v) is 1.97. The van der Waals surface area contributed by atoms with Crippen LogP contribution in [0.3, 0.4) is 0 Å². The molecule has 0 fully saturated rings. The van der Waals surface area contributed by atoms with E-state index in [2.05, 4.69) is 20.7 Å². The van der Waals surface area contributed by atoms with Crippen LogP contribution < -0.4 is 0 Å². The molecule has 1 heterocycles. The van der Waals surface area contributed by atoms with E-state index in [1.165, 1.54) is 13.4 Å². The van der Waals surface area contributed by atoms with E-state index < -0.39 is 12.1 Å². The molecule has 1 unspecified atom stereocenters. The molecule has 0 bridgehead atoms. The van der Waals surface area contributed by atoms with Crippen molar-refractivity contribution < 1.29 is 19.1 Å². The van der Waals surface area contributed by atoms with E-state index >= 15 is 0 Å². The predicted molar refractivity (Wildman–Crippen MR) is 43.4 cm³/mol. The highest BCUT2D eigenvalue weighted by atomic mass is 79.9. The highest BCUT2D eigenvalue weighted by Gasteiger charge is 2.23. The first-order chi connectivity index (χ1) is 5.66. The summed E-state index contributed by atoms with van der Waals surface area (Å²) >= 11 is 3.10. The highest BCUT2D eigenvalue weighted by molar-refractivity contribution is 9.10. The number of rotatable bonds is 2. The van der Waals surface area contributed by atoms with Gasteiger partial charge in [-0.1, -0.05) is 0 Å². The predicted octanol–water partition coefficient (Wildman–Crippen LogP) is 1.25. The van der Waals surface area contributed by atoms with E-state index in [1.54, 1.807) is 6.07 Å².